The van der Waals surface area contributed by atoms with Gasteiger partial charge in [-0.05, 0) is 37.1 Å². The number of rotatable bonds is 3. The highest BCUT2D eigenvalue weighted by molar-refractivity contribution is 9.09. The van der Waals surface area contributed by atoms with E-state index < -0.39 is 0 Å². The van der Waals surface area contributed by atoms with Gasteiger partial charge in [-0.3, -0.25) is 4.79 Å². The lowest BCUT2D eigenvalue weighted by atomic mass is 9.92. The van der Waals surface area contributed by atoms with Gasteiger partial charge in [-0.25, -0.2) is 4.39 Å². The number of ether oxygens (including phenoxy) is 1. The SMILES string of the molecule is O=C(NC1(CBr)CCOCC1)c1ccc(F)cc1. The highest BCUT2D eigenvalue weighted by Gasteiger charge is 2.33. The van der Waals surface area contributed by atoms with Gasteiger partial charge >= 0.3 is 0 Å². The van der Waals surface area contributed by atoms with Crippen molar-refractivity contribution in [3.8, 4) is 0 Å². The average Bonchev–Trinajstić information content (AvgIpc) is 2.40. The second kappa shape index (κ2) is 5.80. The molecule has 0 radical (unpaired) electrons. The quantitative estimate of drug-likeness (QED) is 0.870. The lowest BCUT2D eigenvalue weighted by molar-refractivity contribution is 0.0442. The first-order chi connectivity index (χ1) is 8.65. The Kier molecular flexibility index (Phi) is 4.35. The lowest BCUT2D eigenvalue weighted by Gasteiger charge is -2.36. The first kappa shape index (κ1) is 13.5. The summed E-state index contributed by atoms with van der Waals surface area (Å²) in [7, 11) is 0. The predicted molar refractivity (Wildman–Crippen MR) is 70.4 cm³/mol. The molecule has 1 amide bonds. The van der Waals surface area contributed by atoms with Crippen LogP contribution in [0.2, 0.25) is 0 Å². The van der Waals surface area contributed by atoms with Crippen LogP contribution in [0.4, 0.5) is 4.39 Å². The molecule has 0 atom stereocenters. The summed E-state index contributed by atoms with van der Waals surface area (Å²) in [4.78, 5) is 12.1. The third kappa shape index (κ3) is 3.09. The Hall–Kier alpha value is -0.940. The lowest BCUT2D eigenvalue weighted by Crippen LogP contribution is -2.53. The minimum atomic E-state index is -0.340. The van der Waals surface area contributed by atoms with Crippen molar-refractivity contribution in [2.75, 3.05) is 18.5 Å². The standard InChI is InChI=1S/C13H15BrFNO2/c14-9-13(5-7-18-8-6-13)16-12(17)10-1-3-11(15)4-2-10/h1-4H,5-9H2,(H,16,17). The fourth-order valence-electron chi connectivity index (χ4n) is 1.97. The highest BCUT2D eigenvalue weighted by Crippen LogP contribution is 2.23. The molecule has 18 heavy (non-hydrogen) atoms. The Morgan fingerprint density at radius 2 is 1.94 bits per heavy atom. The number of alkyl halides is 1. The normalized spacial score (nSPS) is 18.3. The van der Waals surface area contributed by atoms with Crippen LogP contribution in [0.1, 0.15) is 23.2 Å². The molecule has 1 aromatic rings. The van der Waals surface area contributed by atoms with E-state index in [9.17, 15) is 9.18 Å². The van der Waals surface area contributed by atoms with Gasteiger partial charge in [0.1, 0.15) is 5.82 Å². The molecule has 0 bridgehead atoms. The van der Waals surface area contributed by atoms with E-state index in [1.807, 2.05) is 0 Å². The van der Waals surface area contributed by atoms with Gasteiger partial charge in [-0.15, -0.1) is 0 Å². The van der Waals surface area contributed by atoms with Crippen LogP contribution in [-0.4, -0.2) is 30.0 Å². The third-order valence-electron chi connectivity index (χ3n) is 3.19. The molecular formula is C13H15BrFNO2. The zero-order valence-corrected chi connectivity index (χ0v) is 11.5. The molecular weight excluding hydrogens is 301 g/mol. The monoisotopic (exact) mass is 315 g/mol. The van der Waals surface area contributed by atoms with E-state index in [4.69, 9.17) is 4.74 Å². The van der Waals surface area contributed by atoms with Crippen molar-refractivity contribution in [3.63, 3.8) is 0 Å². The molecule has 1 fully saturated rings. The van der Waals surface area contributed by atoms with Crippen LogP contribution < -0.4 is 5.32 Å². The second-order valence-corrected chi connectivity index (χ2v) is 5.05. The molecule has 1 aromatic carbocycles. The zero-order valence-electron chi connectivity index (χ0n) is 9.92. The van der Waals surface area contributed by atoms with Crippen molar-refractivity contribution >= 4 is 21.8 Å². The molecule has 3 nitrogen and oxygen atoms in total. The van der Waals surface area contributed by atoms with E-state index in [1.165, 1.54) is 24.3 Å². The maximum absolute atomic E-state index is 12.8. The fourth-order valence-corrected chi connectivity index (χ4v) is 2.67. The molecule has 2 rings (SSSR count). The summed E-state index contributed by atoms with van der Waals surface area (Å²) in [6, 6.07) is 5.57. The number of carbonyl (C=O) groups is 1. The summed E-state index contributed by atoms with van der Waals surface area (Å²) in [5.74, 6) is -0.510. The number of halogens is 2. The average molecular weight is 316 g/mol. The molecule has 1 saturated heterocycles. The van der Waals surface area contributed by atoms with Gasteiger partial charge in [0.15, 0.2) is 0 Å². The maximum atomic E-state index is 12.8. The van der Waals surface area contributed by atoms with E-state index in [2.05, 4.69) is 21.2 Å². The largest absolute Gasteiger partial charge is 0.381 e. The summed E-state index contributed by atoms with van der Waals surface area (Å²) >= 11 is 3.45. The van der Waals surface area contributed by atoms with Crippen LogP contribution in [0, 0.1) is 5.82 Å². The van der Waals surface area contributed by atoms with Crippen molar-refractivity contribution in [2.24, 2.45) is 0 Å². The molecule has 1 heterocycles. The minimum absolute atomic E-state index is 0.170. The van der Waals surface area contributed by atoms with E-state index in [0.29, 0.717) is 24.1 Å². The Bertz CT molecular complexity index is 416. The first-order valence-corrected chi connectivity index (χ1v) is 6.99. The van der Waals surface area contributed by atoms with Crippen molar-refractivity contribution in [1.82, 2.24) is 5.32 Å². The minimum Gasteiger partial charge on any atom is -0.381 e. The van der Waals surface area contributed by atoms with Gasteiger partial charge in [-0.2, -0.15) is 0 Å². The molecule has 0 saturated carbocycles. The smallest absolute Gasteiger partial charge is 0.251 e. The van der Waals surface area contributed by atoms with Gasteiger partial charge in [0, 0.05) is 24.1 Å². The zero-order chi connectivity index (χ0) is 13.0. The Labute approximate surface area is 114 Å². The number of hydrogen-bond donors (Lipinski definition) is 1. The Morgan fingerprint density at radius 1 is 1.33 bits per heavy atom. The van der Waals surface area contributed by atoms with E-state index >= 15 is 0 Å². The van der Waals surface area contributed by atoms with Crippen LogP contribution in [0.15, 0.2) is 24.3 Å². The molecule has 98 valence electrons. The Balaban J connectivity index is 2.07. The van der Waals surface area contributed by atoms with Crippen LogP contribution in [0.25, 0.3) is 0 Å². The van der Waals surface area contributed by atoms with Crippen LogP contribution in [-0.2, 0) is 4.74 Å². The van der Waals surface area contributed by atoms with Crippen LogP contribution in [0.5, 0.6) is 0 Å². The molecule has 0 unspecified atom stereocenters. The van der Waals surface area contributed by atoms with E-state index in [1.54, 1.807) is 0 Å². The molecule has 0 spiro atoms. The van der Waals surface area contributed by atoms with Crippen molar-refractivity contribution in [1.29, 1.82) is 0 Å². The number of amides is 1. The summed E-state index contributed by atoms with van der Waals surface area (Å²) < 4.78 is 18.1. The molecule has 1 aliphatic heterocycles. The summed E-state index contributed by atoms with van der Waals surface area (Å²) in [6.07, 6.45) is 1.57. The van der Waals surface area contributed by atoms with E-state index in [0.717, 1.165) is 12.8 Å². The van der Waals surface area contributed by atoms with Crippen molar-refractivity contribution < 1.29 is 13.9 Å². The van der Waals surface area contributed by atoms with Crippen molar-refractivity contribution in [2.45, 2.75) is 18.4 Å². The third-order valence-corrected chi connectivity index (χ3v) is 4.26. The highest BCUT2D eigenvalue weighted by atomic mass is 79.9. The summed E-state index contributed by atoms with van der Waals surface area (Å²) in [6.45, 7) is 1.30. The van der Waals surface area contributed by atoms with Gasteiger partial charge in [0.2, 0.25) is 0 Å². The number of carbonyl (C=O) groups excluding carboxylic acids is 1. The second-order valence-electron chi connectivity index (χ2n) is 4.49. The summed E-state index contributed by atoms with van der Waals surface area (Å²) in [5, 5.41) is 3.72. The van der Waals surface area contributed by atoms with E-state index in [-0.39, 0.29) is 17.3 Å². The number of benzene rings is 1. The van der Waals surface area contributed by atoms with Crippen LogP contribution in [0.3, 0.4) is 0 Å². The molecule has 1 aliphatic rings. The summed E-state index contributed by atoms with van der Waals surface area (Å²) in [5.41, 5.74) is 0.215. The number of nitrogens with one attached hydrogen (secondary N) is 1. The molecule has 0 aromatic heterocycles. The topological polar surface area (TPSA) is 38.3 Å². The number of hydrogen-bond acceptors (Lipinski definition) is 2. The fraction of sp³-hybridized carbons (Fsp3) is 0.462. The maximum Gasteiger partial charge on any atom is 0.251 e. The Morgan fingerprint density at radius 3 is 2.50 bits per heavy atom. The van der Waals surface area contributed by atoms with Gasteiger partial charge in [0.05, 0.1) is 5.54 Å². The van der Waals surface area contributed by atoms with Crippen LogP contribution >= 0.6 is 15.9 Å². The van der Waals surface area contributed by atoms with Crippen molar-refractivity contribution in [3.05, 3.63) is 35.6 Å². The molecule has 1 N–H and O–H groups in total. The first-order valence-electron chi connectivity index (χ1n) is 5.87. The molecule has 0 aliphatic carbocycles. The van der Waals surface area contributed by atoms with Gasteiger partial charge in [-0.1, -0.05) is 15.9 Å². The molecule has 5 heteroatoms. The van der Waals surface area contributed by atoms with Gasteiger partial charge < -0.3 is 10.1 Å². The predicted octanol–water partition coefficient (Wildman–Crippen LogP) is 2.50. The van der Waals surface area contributed by atoms with Gasteiger partial charge in [0.25, 0.3) is 5.91 Å².